The number of benzene rings is 2. The van der Waals surface area contributed by atoms with Gasteiger partial charge >= 0.3 is 11.9 Å². The lowest BCUT2D eigenvalue weighted by Crippen LogP contribution is -2.65. The average Bonchev–Trinajstić information content (AvgIpc) is 3.04. The molecule has 17 heteroatoms. The molecule has 0 amide bonds. The number of hydrogen-bond acceptors (Lipinski definition) is 17. The van der Waals surface area contributed by atoms with Crippen molar-refractivity contribution < 1.29 is 84.0 Å². The second-order valence-electron chi connectivity index (χ2n) is 11.2. The highest BCUT2D eigenvalue weighted by Gasteiger charge is 2.54. The minimum absolute atomic E-state index is 0.123. The van der Waals surface area contributed by atoms with Crippen LogP contribution in [0.4, 0.5) is 0 Å². The number of carbonyl (C=O) groups excluding carboxylic acids is 2. The van der Waals surface area contributed by atoms with Crippen molar-refractivity contribution in [2.24, 2.45) is 0 Å². The molecule has 0 saturated carbocycles. The number of phenolic OH excluding ortho intramolecular Hbond substituents is 4. The highest BCUT2D eigenvalue weighted by Crippen LogP contribution is 2.34. The van der Waals surface area contributed by atoms with Gasteiger partial charge in [-0.1, -0.05) is 12.1 Å². The minimum Gasteiger partial charge on any atom is -0.504 e. The van der Waals surface area contributed by atoms with Crippen LogP contribution in [0.3, 0.4) is 0 Å². The van der Waals surface area contributed by atoms with Gasteiger partial charge in [0.15, 0.2) is 47.8 Å². The monoisotopic (exact) mass is 682 g/mol. The predicted molar refractivity (Wildman–Crippen MR) is 158 cm³/mol. The molecule has 0 aromatic heterocycles. The highest BCUT2D eigenvalue weighted by molar-refractivity contribution is 5.87. The number of esters is 2. The van der Waals surface area contributed by atoms with Crippen LogP contribution in [0, 0.1) is 0 Å². The number of ether oxygens (including phenoxy) is 6. The van der Waals surface area contributed by atoms with E-state index in [-0.39, 0.29) is 11.3 Å². The summed E-state index contributed by atoms with van der Waals surface area (Å²) >= 11 is 0. The van der Waals surface area contributed by atoms with Crippen molar-refractivity contribution >= 4 is 18.0 Å². The third kappa shape index (κ3) is 8.70. The maximum Gasteiger partial charge on any atom is 0.331 e. The van der Waals surface area contributed by atoms with Crippen molar-refractivity contribution in [2.45, 2.75) is 81.4 Å². The molecule has 2 heterocycles. The Morgan fingerprint density at radius 1 is 0.833 bits per heavy atom. The Labute approximate surface area is 273 Å². The molecule has 2 aliphatic heterocycles. The molecule has 48 heavy (non-hydrogen) atoms. The van der Waals surface area contributed by atoms with Crippen molar-refractivity contribution in [2.75, 3.05) is 13.2 Å². The molecule has 264 valence electrons. The van der Waals surface area contributed by atoms with E-state index < -0.39 is 110 Å². The van der Waals surface area contributed by atoms with E-state index in [1.54, 1.807) is 0 Å². The van der Waals surface area contributed by atoms with Gasteiger partial charge < -0.3 is 74.4 Å². The number of rotatable bonds is 11. The molecule has 2 aromatic carbocycles. The third-order valence-electron chi connectivity index (χ3n) is 7.64. The molecular formula is C31H38O17. The standard InChI is InChI=1S/C31H38O17/c1-13-24(40)25(41)26(42)30(44-13)48-28-27(47-23(39)8-4-15-3-6-17(34)19(36)9-15)22(11-32)46-31(29(28)45-14(2)33)43-12-21(38)16-5-7-18(35)20(37)10-16/h3-10,13,21-22,24-32,34-38,40-42H,11-12H2,1-2H3/t13-,21-,22+,24-,25+,26+,27+,28-,29+,30-,31+/m0/s1. The largest absolute Gasteiger partial charge is 0.504 e. The molecular weight excluding hydrogens is 644 g/mol. The van der Waals surface area contributed by atoms with E-state index in [0.717, 1.165) is 25.1 Å². The van der Waals surface area contributed by atoms with E-state index in [2.05, 4.69) is 0 Å². The number of aliphatic hydroxyl groups excluding tert-OH is 5. The van der Waals surface area contributed by atoms with Crippen LogP contribution < -0.4 is 0 Å². The molecule has 4 rings (SSSR count). The van der Waals surface area contributed by atoms with Crippen LogP contribution in [-0.4, -0.2) is 133 Å². The Morgan fingerprint density at radius 3 is 2.12 bits per heavy atom. The molecule has 0 bridgehead atoms. The fourth-order valence-electron chi connectivity index (χ4n) is 5.07. The lowest BCUT2D eigenvalue weighted by molar-refractivity contribution is -0.359. The third-order valence-corrected chi connectivity index (χ3v) is 7.64. The van der Waals surface area contributed by atoms with E-state index >= 15 is 0 Å². The lowest BCUT2D eigenvalue weighted by Gasteiger charge is -2.47. The first-order valence-corrected chi connectivity index (χ1v) is 14.7. The Bertz CT molecular complexity index is 1450. The lowest BCUT2D eigenvalue weighted by atomic mass is 9.96. The van der Waals surface area contributed by atoms with Crippen LogP contribution in [0.25, 0.3) is 6.08 Å². The van der Waals surface area contributed by atoms with Gasteiger partial charge in [0.05, 0.1) is 19.3 Å². The van der Waals surface area contributed by atoms with Crippen molar-refractivity contribution in [3.05, 3.63) is 53.6 Å². The summed E-state index contributed by atoms with van der Waals surface area (Å²) in [6.45, 7) is 1.03. The van der Waals surface area contributed by atoms with Gasteiger partial charge in [0.1, 0.15) is 36.6 Å². The molecule has 2 fully saturated rings. The van der Waals surface area contributed by atoms with E-state index in [0.29, 0.717) is 5.56 Å². The van der Waals surface area contributed by atoms with Gasteiger partial charge in [-0.25, -0.2) is 4.79 Å². The van der Waals surface area contributed by atoms with Crippen LogP contribution in [0.15, 0.2) is 42.5 Å². The normalized spacial score (nSPS) is 31.3. The topological polar surface area (TPSA) is 272 Å². The molecule has 9 N–H and O–H groups in total. The summed E-state index contributed by atoms with van der Waals surface area (Å²) in [4.78, 5) is 25.3. The van der Waals surface area contributed by atoms with Gasteiger partial charge in [-0.15, -0.1) is 0 Å². The van der Waals surface area contributed by atoms with E-state index in [4.69, 9.17) is 28.4 Å². The van der Waals surface area contributed by atoms with Crippen LogP contribution in [-0.2, 0) is 38.0 Å². The Hall–Kier alpha value is -4.04. The summed E-state index contributed by atoms with van der Waals surface area (Å²) in [6.07, 6.45) is -15.1. The summed E-state index contributed by atoms with van der Waals surface area (Å²) in [5.41, 5.74) is 0.415. The van der Waals surface area contributed by atoms with E-state index in [9.17, 15) is 55.5 Å². The van der Waals surface area contributed by atoms with Gasteiger partial charge in [0, 0.05) is 13.0 Å². The van der Waals surface area contributed by atoms with Crippen LogP contribution in [0.2, 0.25) is 0 Å². The molecule has 11 atom stereocenters. The number of hydrogen-bond donors (Lipinski definition) is 9. The molecule has 0 unspecified atom stereocenters. The zero-order chi connectivity index (χ0) is 35.3. The molecule has 2 aliphatic rings. The summed E-state index contributed by atoms with van der Waals surface area (Å²) < 4.78 is 34.0. The van der Waals surface area contributed by atoms with Crippen molar-refractivity contribution in [1.82, 2.24) is 0 Å². The van der Waals surface area contributed by atoms with Gasteiger partial charge in [0.2, 0.25) is 0 Å². The molecule has 2 aromatic rings. The quantitative estimate of drug-likeness (QED) is 0.0785. The first-order chi connectivity index (χ1) is 22.7. The smallest absolute Gasteiger partial charge is 0.331 e. The Kier molecular flexibility index (Phi) is 12.2. The van der Waals surface area contributed by atoms with E-state index in [1.807, 2.05) is 0 Å². The maximum absolute atomic E-state index is 13.0. The van der Waals surface area contributed by atoms with E-state index in [1.165, 1.54) is 37.3 Å². The number of carbonyl (C=O) groups is 2. The van der Waals surface area contributed by atoms with Crippen molar-refractivity contribution in [3.8, 4) is 23.0 Å². The SMILES string of the molecule is CC(=O)O[C@H]1[C@H](OC[C@H](O)c2ccc(O)c(O)c2)O[C@H](CO)[C@@H](OC(=O)C=Cc2ccc(O)c(O)c2)[C@@H]1O[C@@H]1O[C@@H](C)[C@H](O)[C@@H](O)[C@H]1O. The molecule has 0 aliphatic carbocycles. The highest BCUT2D eigenvalue weighted by atomic mass is 16.8. The van der Waals surface area contributed by atoms with Crippen molar-refractivity contribution in [1.29, 1.82) is 0 Å². The van der Waals surface area contributed by atoms with Crippen molar-refractivity contribution in [3.63, 3.8) is 0 Å². The molecule has 0 radical (unpaired) electrons. The minimum atomic E-state index is -1.86. The maximum atomic E-state index is 13.0. The van der Waals surface area contributed by atoms with Crippen LogP contribution in [0.5, 0.6) is 23.0 Å². The summed E-state index contributed by atoms with van der Waals surface area (Å²) in [5, 5.41) is 90.8. The number of aromatic hydroxyl groups is 4. The fraction of sp³-hybridized carbons (Fsp3) is 0.484. The Morgan fingerprint density at radius 2 is 1.50 bits per heavy atom. The first kappa shape index (κ1) is 36.8. The summed E-state index contributed by atoms with van der Waals surface area (Å²) in [5.74, 6) is -3.72. The summed E-state index contributed by atoms with van der Waals surface area (Å²) in [7, 11) is 0. The molecule has 2 saturated heterocycles. The fourth-order valence-corrected chi connectivity index (χ4v) is 5.07. The first-order valence-electron chi connectivity index (χ1n) is 14.7. The second-order valence-corrected chi connectivity index (χ2v) is 11.2. The van der Waals surface area contributed by atoms with Crippen LogP contribution in [0.1, 0.15) is 31.1 Å². The number of phenols is 4. The Balaban J connectivity index is 1.64. The van der Waals surface area contributed by atoms with Crippen LogP contribution >= 0.6 is 0 Å². The summed E-state index contributed by atoms with van der Waals surface area (Å²) in [6, 6.07) is 7.27. The second kappa shape index (κ2) is 15.9. The zero-order valence-corrected chi connectivity index (χ0v) is 25.7. The van der Waals surface area contributed by atoms with Gasteiger partial charge in [-0.3, -0.25) is 4.79 Å². The zero-order valence-electron chi connectivity index (χ0n) is 25.7. The van der Waals surface area contributed by atoms with Gasteiger partial charge in [-0.2, -0.15) is 0 Å². The molecule has 17 nitrogen and oxygen atoms in total. The number of aliphatic hydroxyl groups is 5. The predicted octanol–water partition coefficient (Wildman–Crippen LogP) is -0.954. The van der Waals surface area contributed by atoms with Gasteiger partial charge in [0.25, 0.3) is 0 Å². The van der Waals surface area contributed by atoms with Gasteiger partial charge in [-0.05, 0) is 48.4 Å². The average molecular weight is 683 g/mol. The molecule has 0 spiro atoms.